The number of hydrogen-bond acceptors (Lipinski definition) is 5. The lowest BCUT2D eigenvalue weighted by molar-refractivity contribution is -0.0577. The normalized spacial score (nSPS) is 20.6. The number of nitrogens with zero attached hydrogens (tertiary/aromatic N) is 2. The Morgan fingerprint density at radius 2 is 1.93 bits per heavy atom. The molecule has 1 saturated carbocycles. The van der Waals surface area contributed by atoms with E-state index in [1.165, 1.54) is 45.3 Å². The monoisotopic (exact) mass is 586 g/mol. The molecule has 2 fully saturated rings. The first-order chi connectivity index (χ1) is 19.0. The van der Waals surface area contributed by atoms with Crippen LogP contribution in [0, 0.1) is 23.5 Å². The summed E-state index contributed by atoms with van der Waals surface area (Å²) < 4.78 is 33.8. The number of ether oxygens (including phenoxy) is 1. The van der Waals surface area contributed by atoms with Crippen molar-refractivity contribution >= 4 is 23.7 Å². The van der Waals surface area contributed by atoms with Crippen LogP contribution in [0.5, 0.6) is 0 Å². The largest absolute Gasteiger partial charge is 0.453 e. The van der Waals surface area contributed by atoms with Crippen molar-refractivity contribution in [2.24, 2.45) is 11.8 Å². The summed E-state index contributed by atoms with van der Waals surface area (Å²) >= 11 is 5.89. The molecule has 3 N–H and O–H groups in total. The molecule has 3 amide bonds. The number of carbonyl (C=O) groups is 2. The van der Waals surface area contributed by atoms with E-state index in [0.29, 0.717) is 31.7 Å². The highest BCUT2D eigenvalue weighted by Crippen LogP contribution is 2.42. The Labute approximate surface area is 241 Å². The third-order valence-electron chi connectivity index (χ3n) is 8.33. The van der Waals surface area contributed by atoms with Crippen molar-refractivity contribution in [3.05, 3.63) is 34.4 Å². The Morgan fingerprint density at radius 1 is 1.20 bits per heavy atom. The van der Waals surface area contributed by atoms with E-state index in [1.807, 2.05) is 14.1 Å². The van der Waals surface area contributed by atoms with Crippen LogP contribution in [0.2, 0.25) is 5.02 Å². The Balaban J connectivity index is 1.76. The van der Waals surface area contributed by atoms with Crippen LogP contribution in [-0.4, -0.2) is 80.5 Å². The summed E-state index contributed by atoms with van der Waals surface area (Å²) in [5.74, 6) is -1.84. The van der Waals surface area contributed by atoms with Gasteiger partial charge in [-0.25, -0.2) is 18.4 Å². The van der Waals surface area contributed by atoms with Gasteiger partial charge in [0.05, 0.1) is 12.7 Å². The molecule has 40 heavy (non-hydrogen) atoms. The molecule has 11 heteroatoms. The number of piperidine rings is 1. The summed E-state index contributed by atoms with van der Waals surface area (Å²) in [5.41, 5.74) is -1.84. The zero-order valence-corrected chi connectivity index (χ0v) is 24.7. The zero-order valence-electron chi connectivity index (χ0n) is 24.0. The number of alkyl carbamates (subject to hydrolysis) is 1. The summed E-state index contributed by atoms with van der Waals surface area (Å²) in [5, 5.41) is 17.1. The maximum atomic E-state index is 15.3. The lowest BCUT2D eigenvalue weighted by Gasteiger charge is -2.43. The molecular formula is C29H45ClF2N4O4. The van der Waals surface area contributed by atoms with E-state index >= 15 is 4.39 Å². The van der Waals surface area contributed by atoms with E-state index in [2.05, 4.69) is 20.3 Å². The van der Waals surface area contributed by atoms with Gasteiger partial charge in [-0.3, -0.25) is 0 Å². The zero-order chi connectivity index (χ0) is 29.3. The van der Waals surface area contributed by atoms with Crippen LogP contribution in [0.25, 0.3) is 0 Å². The highest BCUT2D eigenvalue weighted by Gasteiger charge is 2.43. The van der Waals surface area contributed by atoms with Gasteiger partial charge in [-0.2, -0.15) is 0 Å². The van der Waals surface area contributed by atoms with Crippen molar-refractivity contribution in [1.82, 2.24) is 20.4 Å². The van der Waals surface area contributed by atoms with Crippen LogP contribution in [0.1, 0.15) is 69.8 Å². The fourth-order valence-corrected chi connectivity index (χ4v) is 6.47. The number of aliphatic hydroxyl groups is 1. The van der Waals surface area contributed by atoms with E-state index in [4.69, 9.17) is 11.6 Å². The number of hydrogen-bond donors (Lipinski definition) is 3. The molecule has 226 valence electrons. The first-order valence-electron chi connectivity index (χ1n) is 14.4. The van der Waals surface area contributed by atoms with Gasteiger partial charge in [-0.15, -0.1) is 0 Å². The molecule has 1 aromatic carbocycles. The molecule has 1 aromatic rings. The summed E-state index contributed by atoms with van der Waals surface area (Å²) in [6, 6.07) is 2.07. The smallest absolute Gasteiger partial charge is 0.406 e. The number of likely N-dealkylation sites (tertiary alicyclic amines) is 1. The quantitative estimate of drug-likeness (QED) is 0.243. The standard InChI is InChI=1S/C29H45ClF2N4O4/c1-35(2)19-22(17-20-9-5-4-6-10-20)34-27(37)36-16-7-11-21(18-36)29(39,14-8-15-33-28(38)40-3)23-12-13-24(31)25(30)26(23)32/h12-13,20-22,39H,4-11,14-19H2,1-3H3,(H,33,38)(H,34,37)/t21-,22+,29+/m1/s1. The summed E-state index contributed by atoms with van der Waals surface area (Å²) in [6.45, 7) is 1.65. The van der Waals surface area contributed by atoms with Crippen molar-refractivity contribution in [2.75, 3.05) is 47.4 Å². The fraction of sp³-hybridized carbons (Fsp3) is 0.724. The second-order valence-corrected chi connectivity index (χ2v) is 12.0. The lowest BCUT2D eigenvalue weighted by Crippen LogP contribution is -2.54. The predicted octanol–water partition coefficient (Wildman–Crippen LogP) is 5.26. The molecule has 3 atom stereocenters. The van der Waals surface area contributed by atoms with Crippen molar-refractivity contribution in [1.29, 1.82) is 0 Å². The third kappa shape index (κ3) is 8.66. The van der Waals surface area contributed by atoms with Gasteiger partial charge in [0.25, 0.3) is 0 Å². The third-order valence-corrected chi connectivity index (χ3v) is 8.68. The highest BCUT2D eigenvalue weighted by molar-refractivity contribution is 6.31. The number of rotatable bonds is 11. The Morgan fingerprint density at radius 3 is 2.60 bits per heavy atom. The maximum absolute atomic E-state index is 15.3. The van der Waals surface area contributed by atoms with Crippen LogP contribution in [0.3, 0.4) is 0 Å². The number of carbonyl (C=O) groups excluding carboxylic acids is 2. The van der Waals surface area contributed by atoms with Crippen LogP contribution in [-0.2, 0) is 10.3 Å². The van der Waals surface area contributed by atoms with Gasteiger partial charge < -0.3 is 30.3 Å². The molecule has 1 aliphatic carbocycles. The van der Waals surface area contributed by atoms with Gasteiger partial charge in [0.15, 0.2) is 5.82 Å². The minimum Gasteiger partial charge on any atom is -0.453 e. The molecule has 1 saturated heterocycles. The minimum absolute atomic E-state index is 0.00241. The number of amides is 3. The van der Waals surface area contributed by atoms with Crippen molar-refractivity contribution < 1.29 is 28.2 Å². The summed E-state index contributed by atoms with van der Waals surface area (Å²) in [4.78, 5) is 28.7. The number of nitrogens with one attached hydrogen (secondary N) is 2. The van der Waals surface area contributed by atoms with Gasteiger partial charge in [0.2, 0.25) is 0 Å². The van der Waals surface area contributed by atoms with Gasteiger partial charge >= 0.3 is 12.1 Å². The summed E-state index contributed by atoms with van der Waals surface area (Å²) in [7, 11) is 5.24. The van der Waals surface area contributed by atoms with Crippen molar-refractivity contribution in [3.8, 4) is 0 Å². The second kappa shape index (κ2) is 15.2. The minimum atomic E-state index is -1.73. The molecule has 0 aromatic heterocycles. The van der Waals surface area contributed by atoms with E-state index in [0.717, 1.165) is 19.0 Å². The second-order valence-electron chi connectivity index (χ2n) is 11.6. The summed E-state index contributed by atoms with van der Waals surface area (Å²) in [6.07, 6.45) is 7.98. The fourth-order valence-electron chi connectivity index (χ4n) is 6.30. The number of benzene rings is 1. The van der Waals surface area contributed by atoms with Gasteiger partial charge in [-0.05, 0) is 58.2 Å². The van der Waals surface area contributed by atoms with Crippen LogP contribution >= 0.6 is 11.6 Å². The Hall–Kier alpha value is -2.17. The van der Waals surface area contributed by atoms with Crippen molar-refractivity contribution in [3.63, 3.8) is 0 Å². The predicted molar refractivity (Wildman–Crippen MR) is 151 cm³/mol. The molecule has 8 nitrogen and oxygen atoms in total. The van der Waals surface area contributed by atoms with Crippen LogP contribution in [0.15, 0.2) is 12.1 Å². The highest BCUT2D eigenvalue weighted by atomic mass is 35.5. The molecule has 2 aliphatic rings. The Kier molecular flexibility index (Phi) is 12.3. The molecule has 1 heterocycles. The number of halogens is 3. The molecule has 0 spiro atoms. The van der Waals surface area contributed by atoms with E-state index in [-0.39, 0.29) is 37.1 Å². The van der Waals surface area contributed by atoms with Gasteiger partial charge in [-0.1, -0.05) is 49.8 Å². The lowest BCUT2D eigenvalue weighted by atomic mass is 9.74. The molecular weight excluding hydrogens is 542 g/mol. The van der Waals surface area contributed by atoms with Crippen LogP contribution in [0.4, 0.5) is 18.4 Å². The first-order valence-corrected chi connectivity index (χ1v) is 14.8. The topological polar surface area (TPSA) is 94.1 Å². The molecule has 0 bridgehead atoms. The van der Waals surface area contributed by atoms with E-state index in [9.17, 15) is 19.1 Å². The van der Waals surface area contributed by atoms with Gasteiger partial charge in [0, 0.05) is 43.7 Å². The van der Waals surface area contributed by atoms with Crippen molar-refractivity contribution in [2.45, 2.75) is 75.9 Å². The van der Waals surface area contributed by atoms with E-state index in [1.54, 1.807) is 4.90 Å². The molecule has 0 unspecified atom stereocenters. The average molecular weight is 587 g/mol. The van der Waals surface area contributed by atoms with Gasteiger partial charge in [0.1, 0.15) is 10.8 Å². The van der Waals surface area contributed by atoms with E-state index < -0.39 is 34.3 Å². The maximum Gasteiger partial charge on any atom is 0.406 e. The SMILES string of the molecule is COC(=O)NCCC[C@@](O)(c1ccc(F)c(Cl)c1F)[C@@H]1CCCN(C(=O)N[C@@H](CC2CCCCC2)CN(C)C)C1. The molecule has 1 aliphatic heterocycles. The number of urea groups is 1. The first kappa shape index (κ1) is 32.3. The molecule has 0 radical (unpaired) electrons. The number of methoxy groups -OCH3 is 1. The Bertz CT molecular complexity index is 995. The average Bonchev–Trinajstić information content (AvgIpc) is 2.94. The number of likely N-dealkylation sites (N-methyl/N-ethyl adjacent to an activating group) is 1. The van der Waals surface area contributed by atoms with Crippen LogP contribution < -0.4 is 10.6 Å². The molecule has 3 rings (SSSR count).